The quantitative estimate of drug-likeness (QED) is 0.619. The van der Waals surface area contributed by atoms with Gasteiger partial charge in [0, 0.05) is 42.5 Å². The Labute approximate surface area is 187 Å². The van der Waals surface area contributed by atoms with E-state index in [0.29, 0.717) is 18.5 Å². The second-order valence-electron chi connectivity index (χ2n) is 8.46. The lowest BCUT2D eigenvalue weighted by Gasteiger charge is -2.42. The van der Waals surface area contributed by atoms with Gasteiger partial charge in [-0.1, -0.05) is 30.0 Å². The third kappa shape index (κ3) is 5.56. The number of aliphatic hydroxyl groups is 1. The van der Waals surface area contributed by atoms with Crippen LogP contribution in [0.5, 0.6) is 0 Å². The van der Waals surface area contributed by atoms with Crippen LogP contribution < -0.4 is 0 Å². The molecule has 1 unspecified atom stereocenters. The molecule has 3 aromatic rings. The fourth-order valence-corrected chi connectivity index (χ4v) is 4.30. The molecule has 0 spiro atoms. The van der Waals surface area contributed by atoms with Crippen molar-refractivity contribution >= 4 is 0 Å². The zero-order valence-corrected chi connectivity index (χ0v) is 17.8. The van der Waals surface area contributed by atoms with Crippen molar-refractivity contribution in [3.05, 3.63) is 95.1 Å². The lowest BCUT2D eigenvalue weighted by atomic mass is 9.75. The highest BCUT2D eigenvalue weighted by Gasteiger charge is 2.35. The van der Waals surface area contributed by atoms with Crippen molar-refractivity contribution < 1.29 is 13.9 Å². The minimum Gasteiger partial charge on any atom is -0.396 e. The first-order valence-electron chi connectivity index (χ1n) is 10.7. The van der Waals surface area contributed by atoms with Crippen molar-refractivity contribution in [2.45, 2.75) is 25.8 Å². The summed E-state index contributed by atoms with van der Waals surface area (Å²) in [5.41, 5.74) is 2.85. The van der Waals surface area contributed by atoms with Crippen molar-refractivity contribution in [3.8, 4) is 11.8 Å². The first-order chi connectivity index (χ1) is 15.5. The predicted molar refractivity (Wildman–Crippen MR) is 119 cm³/mol. The van der Waals surface area contributed by atoms with Gasteiger partial charge in [0.1, 0.15) is 18.0 Å². The molecule has 4 rings (SSSR count). The molecule has 1 atom stereocenters. The van der Waals surface area contributed by atoms with Gasteiger partial charge in [-0.25, -0.2) is 18.7 Å². The second kappa shape index (κ2) is 9.99. The van der Waals surface area contributed by atoms with Gasteiger partial charge >= 0.3 is 0 Å². The van der Waals surface area contributed by atoms with E-state index in [4.69, 9.17) is 0 Å². The van der Waals surface area contributed by atoms with Gasteiger partial charge < -0.3 is 5.11 Å². The monoisotopic (exact) mass is 433 g/mol. The van der Waals surface area contributed by atoms with E-state index >= 15 is 0 Å². The molecule has 0 bridgehead atoms. The number of hydrogen-bond acceptors (Lipinski definition) is 4. The molecule has 0 radical (unpaired) electrons. The number of halogens is 2. The average Bonchev–Trinajstić information content (AvgIpc) is 2.81. The van der Waals surface area contributed by atoms with Crippen LogP contribution in [0.3, 0.4) is 0 Å². The van der Waals surface area contributed by atoms with Crippen molar-refractivity contribution in [1.29, 1.82) is 0 Å². The summed E-state index contributed by atoms with van der Waals surface area (Å²) in [6.45, 7) is 2.30. The summed E-state index contributed by atoms with van der Waals surface area (Å²) in [5, 5.41) is 10.2. The van der Waals surface area contributed by atoms with Crippen molar-refractivity contribution in [2.24, 2.45) is 5.41 Å². The lowest BCUT2D eigenvalue weighted by Crippen LogP contribution is -2.46. The van der Waals surface area contributed by atoms with E-state index in [1.54, 1.807) is 12.4 Å². The van der Waals surface area contributed by atoms with E-state index in [9.17, 15) is 13.9 Å². The molecule has 1 fully saturated rings. The van der Waals surface area contributed by atoms with Crippen molar-refractivity contribution in [1.82, 2.24) is 14.9 Å². The Morgan fingerprint density at radius 3 is 2.47 bits per heavy atom. The number of aromatic nitrogens is 2. The van der Waals surface area contributed by atoms with Gasteiger partial charge in [0.15, 0.2) is 0 Å². The zero-order valence-electron chi connectivity index (χ0n) is 17.8. The number of piperidine rings is 1. The summed E-state index contributed by atoms with van der Waals surface area (Å²) >= 11 is 0. The second-order valence-corrected chi connectivity index (χ2v) is 8.46. The Morgan fingerprint density at radius 1 is 1.00 bits per heavy atom. The molecule has 1 aromatic heterocycles. The van der Waals surface area contributed by atoms with Crippen LogP contribution in [0, 0.1) is 28.9 Å². The van der Waals surface area contributed by atoms with Crippen LogP contribution in [0.15, 0.2) is 61.2 Å². The molecule has 1 aliphatic heterocycles. The predicted octanol–water partition coefficient (Wildman–Crippen LogP) is 3.97. The highest BCUT2D eigenvalue weighted by molar-refractivity contribution is 5.41. The van der Waals surface area contributed by atoms with Gasteiger partial charge in [0.25, 0.3) is 0 Å². The number of aliphatic hydroxyl groups excluding tert-OH is 1. The van der Waals surface area contributed by atoms with E-state index in [-0.39, 0.29) is 6.61 Å². The van der Waals surface area contributed by atoms with Crippen LogP contribution in [-0.4, -0.2) is 39.7 Å². The first kappa shape index (κ1) is 22.1. The standard InChI is InChI=1S/C26H25F2N3O/c27-24-9-8-23(25(28)12-24)13-26(18-32)10-1-11-31(17-26)16-21-5-2-20(3-6-21)4-7-22-14-29-19-30-15-22/h2-3,5-6,8-9,12,14-15,19,32H,1,10-11,13,16-18H2. The summed E-state index contributed by atoms with van der Waals surface area (Å²) in [5.74, 6) is 5.02. The number of benzene rings is 2. The summed E-state index contributed by atoms with van der Waals surface area (Å²) in [4.78, 5) is 10.2. The van der Waals surface area contributed by atoms with Crippen LogP contribution in [0.2, 0.25) is 0 Å². The number of hydrogen-bond donors (Lipinski definition) is 1. The fourth-order valence-electron chi connectivity index (χ4n) is 4.30. The molecular weight excluding hydrogens is 408 g/mol. The minimum absolute atomic E-state index is 0.0297. The fraction of sp³-hybridized carbons (Fsp3) is 0.308. The van der Waals surface area contributed by atoms with Gasteiger partial charge in [0.05, 0.1) is 12.2 Å². The summed E-state index contributed by atoms with van der Waals surface area (Å²) in [6, 6.07) is 11.8. The third-order valence-corrected chi connectivity index (χ3v) is 5.93. The van der Waals surface area contributed by atoms with Gasteiger partial charge in [0.2, 0.25) is 0 Å². The Hall–Kier alpha value is -3.14. The van der Waals surface area contributed by atoms with Gasteiger partial charge in [-0.3, -0.25) is 4.90 Å². The SMILES string of the molecule is OCC1(Cc2ccc(F)cc2F)CCCN(Cc2ccc(C#Cc3cncnc3)cc2)C1. The highest BCUT2D eigenvalue weighted by atomic mass is 19.1. The maximum Gasteiger partial charge on any atom is 0.129 e. The number of nitrogens with zero attached hydrogens (tertiary/aromatic N) is 3. The van der Waals surface area contributed by atoms with Crippen LogP contribution in [-0.2, 0) is 13.0 Å². The molecule has 1 N–H and O–H groups in total. The van der Waals surface area contributed by atoms with E-state index in [1.165, 1.54) is 18.5 Å². The molecule has 4 nitrogen and oxygen atoms in total. The van der Waals surface area contributed by atoms with Crippen LogP contribution >= 0.6 is 0 Å². The van der Waals surface area contributed by atoms with Crippen molar-refractivity contribution in [3.63, 3.8) is 0 Å². The van der Waals surface area contributed by atoms with E-state index in [2.05, 4.69) is 38.8 Å². The Balaban J connectivity index is 1.41. The van der Waals surface area contributed by atoms with Crippen LogP contribution in [0.25, 0.3) is 0 Å². The van der Waals surface area contributed by atoms with Crippen molar-refractivity contribution in [2.75, 3.05) is 19.7 Å². The maximum absolute atomic E-state index is 14.2. The summed E-state index contributed by atoms with van der Waals surface area (Å²) in [7, 11) is 0. The molecular formula is C26H25F2N3O. The molecule has 164 valence electrons. The Bertz CT molecular complexity index is 1110. The Morgan fingerprint density at radius 2 is 1.75 bits per heavy atom. The lowest BCUT2D eigenvalue weighted by molar-refractivity contribution is 0.0283. The minimum atomic E-state index is -0.584. The molecule has 0 amide bonds. The molecule has 2 heterocycles. The molecule has 0 saturated carbocycles. The van der Waals surface area contributed by atoms with E-state index < -0.39 is 17.0 Å². The number of likely N-dealkylation sites (tertiary alicyclic amines) is 1. The molecule has 6 heteroatoms. The molecule has 1 saturated heterocycles. The molecule has 32 heavy (non-hydrogen) atoms. The summed E-state index contributed by atoms with van der Waals surface area (Å²) in [6.07, 6.45) is 6.96. The number of rotatable bonds is 5. The molecule has 2 aromatic carbocycles. The smallest absolute Gasteiger partial charge is 0.129 e. The first-order valence-corrected chi connectivity index (χ1v) is 10.7. The van der Waals surface area contributed by atoms with E-state index in [0.717, 1.165) is 48.7 Å². The van der Waals surface area contributed by atoms with E-state index in [1.807, 2.05) is 12.1 Å². The summed E-state index contributed by atoms with van der Waals surface area (Å²) < 4.78 is 27.5. The van der Waals surface area contributed by atoms with Crippen LogP contribution in [0.1, 0.15) is 35.1 Å². The Kier molecular flexibility index (Phi) is 6.89. The largest absolute Gasteiger partial charge is 0.396 e. The average molecular weight is 434 g/mol. The zero-order chi connectivity index (χ0) is 22.4. The van der Waals surface area contributed by atoms with Gasteiger partial charge in [-0.2, -0.15) is 0 Å². The molecule has 1 aliphatic rings. The van der Waals surface area contributed by atoms with Gasteiger partial charge in [-0.05, 0) is 55.1 Å². The normalized spacial score (nSPS) is 18.7. The van der Waals surface area contributed by atoms with Crippen LogP contribution in [0.4, 0.5) is 8.78 Å². The maximum atomic E-state index is 14.2. The highest BCUT2D eigenvalue weighted by Crippen LogP contribution is 2.34. The topological polar surface area (TPSA) is 49.2 Å². The third-order valence-electron chi connectivity index (χ3n) is 5.93. The molecule has 0 aliphatic carbocycles. The van der Waals surface area contributed by atoms with Gasteiger partial charge in [-0.15, -0.1) is 0 Å².